The number of hydrogen-bond acceptors (Lipinski definition) is 8. The van der Waals surface area contributed by atoms with Crippen molar-refractivity contribution in [2.24, 2.45) is 0 Å². The Morgan fingerprint density at radius 3 is 2.89 bits per heavy atom. The average molecular weight is 273 g/mol. The van der Waals surface area contributed by atoms with Crippen molar-refractivity contribution >= 4 is 23.4 Å². The molecule has 0 aliphatic rings. The third-order valence-electron chi connectivity index (χ3n) is 2.05. The molecule has 2 aromatic heterocycles. The van der Waals surface area contributed by atoms with E-state index in [4.69, 9.17) is 22.1 Å². The van der Waals surface area contributed by atoms with Crippen LogP contribution in [-0.2, 0) is 10.6 Å². The molecule has 0 saturated carbocycles. The van der Waals surface area contributed by atoms with Gasteiger partial charge in [-0.3, -0.25) is 0 Å². The van der Waals surface area contributed by atoms with Gasteiger partial charge in [0, 0.05) is 0 Å². The third kappa shape index (κ3) is 1.99. The molecule has 9 nitrogen and oxygen atoms in total. The first-order valence-corrected chi connectivity index (χ1v) is 5.48. The molecular weight excluding hydrogens is 264 g/mol. The number of ether oxygens (including phenoxy) is 1. The van der Waals surface area contributed by atoms with Gasteiger partial charge in [-0.15, -0.1) is 16.7 Å². The van der Waals surface area contributed by atoms with Crippen LogP contribution < -0.4 is 5.73 Å². The lowest BCUT2D eigenvalue weighted by Crippen LogP contribution is -2.10. The van der Waals surface area contributed by atoms with Gasteiger partial charge in [0.25, 0.3) is 0 Å². The second-order valence-corrected chi connectivity index (χ2v) is 3.39. The van der Waals surface area contributed by atoms with E-state index in [0.717, 1.165) is 0 Å². The summed E-state index contributed by atoms with van der Waals surface area (Å²) in [5, 5.41) is 14.4. The molecule has 0 saturated heterocycles. The van der Waals surface area contributed by atoms with E-state index < -0.39 is 5.97 Å². The molecule has 10 heteroatoms. The predicted octanol–water partition coefficient (Wildman–Crippen LogP) is 0.148. The smallest absolute Gasteiger partial charge is 0.360 e. The van der Waals surface area contributed by atoms with Gasteiger partial charge in [-0.25, -0.2) is 9.42 Å². The minimum absolute atomic E-state index is 0.00856. The summed E-state index contributed by atoms with van der Waals surface area (Å²) in [7, 11) is 0. The van der Waals surface area contributed by atoms with E-state index in [0.29, 0.717) is 5.69 Å². The lowest BCUT2D eigenvalue weighted by atomic mass is 10.3. The molecule has 0 aliphatic carbocycles. The van der Waals surface area contributed by atoms with Crippen LogP contribution in [0.2, 0.25) is 0 Å². The lowest BCUT2D eigenvalue weighted by Gasteiger charge is -2.01. The second kappa shape index (κ2) is 5.00. The molecule has 0 amide bonds. The highest BCUT2D eigenvalue weighted by Crippen LogP contribution is 2.17. The number of hydrogen-bond donors (Lipinski definition) is 1. The largest absolute Gasteiger partial charge is 0.461 e. The lowest BCUT2D eigenvalue weighted by molar-refractivity contribution is 0.0518. The van der Waals surface area contributed by atoms with Gasteiger partial charge in [-0.2, -0.15) is 4.68 Å². The maximum Gasteiger partial charge on any atom is 0.360 e. The van der Waals surface area contributed by atoms with Crippen LogP contribution in [0.25, 0.3) is 5.82 Å². The van der Waals surface area contributed by atoms with Crippen LogP contribution in [0.1, 0.15) is 23.1 Å². The van der Waals surface area contributed by atoms with Crippen molar-refractivity contribution in [3.8, 4) is 5.82 Å². The van der Waals surface area contributed by atoms with Crippen molar-refractivity contribution in [3.63, 3.8) is 0 Å². The molecule has 0 unspecified atom stereocenters. The molecule has 2 rings (SSSR count). The number of halogens is 1. The highest BCUT2D eigenvalue weighted by molar-refractivity contribution is 6.17. The minimum atomic E-state index is -0.616. The number of nitrogens with zero attached hydrogens (tertiary/aromatic N) is 5. The Kier molecular flexibility index (Phi) is 3.42. The van der Waals surface area contributed by atoms with Crippen LogP contribution >= 0.6 is 11.6 Å². The van der Waals surface area contributed by atoms with Crippen LogP contribution in [0.4, 0.5) is 5.82 Å². The number of anilines is 1. The summed E-state index contributed by atoms with van der Waals surface area (Å²) in [6, 6.07) is 0. The van der Waals surface area contributed by atoms with E-state index in [1.807, 2.05) is 0 Å². The van der Waals surface area contributed by atoms with E-state index in [-0.39, 0.29) is 29.8 Å². The standard InChI is InChI=1S/C8H9ClN6O3/c1-2-17-8(16)5-4(3-9)15(14-11-5)7-6(10)12-18-13-7/h2-3H2,1H3,(H2,10,12). The Bertz CT molecular complexity index is 565. The molecule has 0 aromatic carbocycles. The third-order valence-corrected chi connectivity index (χ3v) is 2.31. The Labute approximate surface area is 106 Å². The number of esters is 1. The van der Waals surface area contributed by atoms with Gasteiger partial charge < -0.3 is 10.5 Å². The topological polar surface area (TPSA) is 122 Å². The normalized spacial score (nSPS) is 10.6. The SMILES string of the molecule is CCOC(=O)c1nnn(-c2nonc2N)c1CCl. The van der Waals surface area contributed by atoms with Crippen LogP contribution in [0.5, 0.6) is 0 Å². The van der Waals surface area contributed by atoms with Gasteiger partial charge in [-0.05, 0) is 17.2 Å². The number of carbonyl (C=O) groups is 1. The van der Waals surface area contributed by atoms with Gasteiger partial charge in [0.2, 0.25) is 11.6 Å². The zero-order chi connectivity index (χ0) is 13.1. The Hall–Kier alpha value is -2.16. The highest BCUT2D eigenvalue weighted by atomic mass is 35.5. The summed E-state index contributed by atoms with van der Waals surface area (Å²) in [5.74, 6) is -0.502. The highest BCUT2D eigenvalue weighted by Gasteiger charge is 2.23. The molecule has 0 radical (unpaired) electrons. The maximum absolute atomic E-state index is 11.6. The monoisotopic (exact) mass is 272 g/mol. The summed E-state index contributed by atoms with van der Waals surface area (Å²) in [4.78, 5) is 11.6. The van der Waals surface area contributed by atoms with E-state index >= 15 is 0 Å². The fraction of sp³-hybridized carbons (Fsp3) is 0.375. The fourth-order valence-electron chi connectivity index (χ4n) is 1.29. The zero-order valence-corrected chi connectivity index (χ0v) is 10.1. The first kappa shape index (κ1) is 12.3. The maximum atomic E-state index is 11.6. The molecule has 0 spiro atoms. The molecule has 96 valence electrons. The molecule has 18 heavy (non-hydrogen) atoms. The zero-order valence-electron chi connectivity index (χ0n) is 9.33. The number of nitrogen functional groups attached to an aromatic ring is 1. The van der Waals surface area contributed by atoms with Crippen molar-refractivity contribution in [1.29, 1.82) is 0 Å². The first-order chi connectivity index (χ1) is 8.69. The van der Waals surface area contributed by atoms with Crippen LogP contribution in [-0.4, -0.2) is 37.9 Å². The van der Waals surface area contributed by atoms with Gasteiger partial charge in [0.05, 0.1) is 18.2 Å². The van der Waals surface area contributed by atoms with Crippen LogP contribution in [0.15, 0.2) is 4.63 Å². The summed E-state index contributed by atoms with van der Waals surface area (Å²) < 4.78 is 10.5. The van der Waals surface area contributed by atoms with Crippen LogP contribution in [0.3, 0.4) is 0 Å². The number of aromatic nitrogens is 5. The van der Waals surface area contributed by atoms with Crippen molar-refractivity contribution < 1.29 is 14.2 Å². The Balaban J connectivity index is 2.45. The van der Waals surface area contributed by atoms with E-state index in [1.165, 1.54) is 4.68 Å². The summed E-state index contributed by atoms with van der Waals surface area (Å²) in [5.41, 5.74) is 5.84. The Morgan fingerprint density at radius 2 is 2.33 bits per heavy atom. The molecule has 0 atom stereocenters. The quantitative estimate of drug-likeness (QED) is 0.616. The van der Waals surface area contributed by atoms with Crippen LogP contribution in [0, 0.1) is 0 Å². The summed E-state index contributed by atoms with van der Waals surface area (Å²) in [6.45, 7) is 1.91. The number of nitrogens with two attached hydrogens (primary N) is 1. The fourth-order valence-corrected chi connectivity index (χ4v) is 1.53. The van der Waals surface area contributed by atoms with Gasteiger partial charge in [0.15, 0.2) is 5.69 Å². The van der Waals surface area contributed by atoms with Crippen molar-refractivity contribution in [1.82, 2.24) is 25.3 Å². The Morgan fingerprint density at radius 1 is 1.56 bits per heavy atom. The average Bonchev–Trinajstić information content (AvgIpc) is 2.94. The number of alkyl halides is 1. The summed E-state index contributed by atoms with van der Waals surface area (Å²) in [6.07, 6.45) is 0. The molecule has 2 N–H and O–H groups in total. The second-order valence-electron chi connectivity index (χ2n) is 3.12. The minimum Gasteiger partial charge on any atom is -0.461 e. The van der Waals surface area contributed by atoms with Crippen molar-refractivity contribution in [3.05, 3.63) is 11.4 Å². The first-order valence-electron chi connectivity index (χ1n) is 4.95. The predicted molar refractivity (Wildman–Crippen MR) is 59.1 cm³/mol. The van der Waals surface area contributed by atoms with E-state index in [1.54, 1.807) is 6.92 Å². The van der Waals surface area contributed by atoms with Crippen molar-refractivity contribution in [2.75, 3.05) is 12.3 Å². The molecule has 2 aromatic rings. The molecule has 2 heterocycles. The number of rotatable bonds is 4. The van der Waals surface area contributed by atoms with E-state index in [9.17, 15) is 4.79 Å². The van der Waals surface area contributed by atoms with E-state index in [2.05, 4.69) is 25.3 Å². The van der Waals surface area contributed by atoms with Crippen molar-refractivity contribution in [2.45, 2.75) is 12.8 Å². The molecule has 0 fully saturated rings. The van der Waals surface area contributed by atoms with Gasteiger partial charge in [-0.1, -0.05) is 5.21 Å². The van der Waals surface area contributed by atoms with Gasteiger partial charge >= 0.3 is 5.97 Å². The van der Waals surface area contributed by atoms with Gasteiger partial charge in [0.1, 0.15) is 0 Å². The molecular formula is C8H9ClN6O3. The number of carbonyl (C=O) groups excluding carboxylic acids is 1. The summed E-state index contributed by atoms with van der Waals surface area (Å²) >= 11 is 5.76. The molecule has 0 aliphatic heterocycles. The molecule has 0 bridgehead atoms.